The Morgan fingerprint density at radius 1 is 1.10 bits per heavy atom. The van der Waals surface area contributed by atoms with Crippen LogP contribution in [0, 0.1) is 5.92 Å². The smallest absolute Gasteiger partial charge is 0.251 e. The molecule has 9 heteroatoms. The number of amides is 2. The lowest BCUT2D eigenvalue weighted by Crippen LogP contribution is -2.41. The van der Waals surface area contributed by atoms with E-state index in [1.54, 1.807) is 0 Å². The van der Waals surface area contributed by atoms with E-state index in [1.807, 2.05) is 24.3 Å². The first-order valence-corrected chi connectivity index (χ1v) is 11.6. The maximum Gasteiger partial charge on any atom is 0.251 e. The van der Waals surface area contributed by atoms with Crippen molar-refractivity contribution in [2.45, 2.75) is 24.3 Å². The van der Waals surface area contributed by atoms with Crippen LogP contribution in [0.5, 0.6) is 0 Å². The highest BCUT2D eigenvalue weighted by Gasteiger charge is 2.24. The molecule has 3 N–H and O–H groups in total. The maximum absolute atomic E-state index is 12.4. The molecule has 0 saturated carbocycles. The third-order valence-corrected chi connectivity index (χ3v) is 7.30. The van der Waals surface area contributed by atoms with Crippen molar-refractivity contribution in [1.82, 2.24) is 9.62 Å². The predicted octanol–water partition coefficient (Wildman–Crippen LogP) is 1.57. The Bertz CT molecular complexity index is 1030. The van der Waals surface area contributed by atoms with Crippen LogP contribution in [0.1, 0.15) is 28.8 Å². The number of anilines is 1. The largest absolute Gasteiger partial charge is 0.371 e. The molecule has 1 atom stereocenters. The van der Waals surface area contributed by atoms with Gasteiger partial charge in [-0.1, -0.05) is 12.1 Å². The first kappa shape index (κ1) is 22.8. The molecule has 1 heterocycles. The number of nitrogens with zero attached hydrogens (tertiary/aromatic N) is 2. The normalized spacial score (nSPS) is 16.9. The number of carbonyl (C=O) groups is 2. The fourth-order valence-corrected chi connectivity index (χ4v) is 4.44. The number of sulfonamides is 1. The van der Waals surface area contributed by atoms with Crippen LogP contribution in [0.4, 0.5) is 5.69 Å². The van der Waals surface area contributed by atoms with E-state index in [0.717, 1.165) is 34.9 Å². The molecule has 1 aliphatic rings. The number of primary amides is 1. The first-order chi connectivity index (χ1) is 14.7. The van der Waals surface area contributed by atoms with E-state index in [4.69, 9.17) is 5.73 Å². The molecule has 2 amide bonds. The summed E-state index contributed by atoms with van der Waals surface area (Å²) >= 11 is 0. The Balaban J connectivity index is 1.58. The van der Waals surface area contributed by atoms with Gasteiger partial charge in [-0.25, -0.2) is 12.7 Å². The van der Waals surface area contributed by atoms with E-state index < -0.39 is 10.0 Å². The summed E-state index contributed by atoms with van der Waals surface area (Å²) in [7, 11) is -0.603. The lowest BCUT2D eigenvalue weighted by atomic mass is 9.97. The number of piperidine rings is 1. The minimum absolute atomic E-state index is 0.119. The minimum atomic E-state index is -3.52. The number of rotatable bonds is 7. The molecule has 166 valence electrons. The van der Waals surface area contributed by atoms with E-state index in [2.05, 4.69) is 10.2 Å². The molecule has 1 aliphatic heterocycles. The standard InChI is InChI=1S/C22H28N4O4S/c1-25(2)31(29,30)20-11-7-17(8-12-20)22(28)24-14-16-5-9-19(10-6-16)26-13-3-4-18(15-26)21(23)27/h5-12,18H,3-4,13-15H2,1-2H3,(H2,23,27)(H,24,28)/t18-/m1/s1. The molecule has 8 nitrogen and oxygen atoms in total. The molecular weight excluding hydrogens is 416 g/mol. The molecule has 0 aliphatic carbocycles. The molecule has 2 aromatic carbocycles. The van der Waals surface area contributed by atoms with Crippen LogP contribution in [-0.2, 0) is 21.4 Å². The number of nitrogens with two attached hydrogens (primary N) is 1. The molecule has 3 rings (SSSR count). The molecule has 1 fully saturated rings. The van der Waals surface area contributed by atoms with E-state index in [1.165, 1.54) is 38.4 Å². The molecule has 0 unspecified atom stereocenters. The van der Waals surface area contributed by atoms with Crippen LogP contribution in [0.2, 0.25) is 0 Å². The zero-order chi connectivity index (χ0) is 22.6. The summed E-state index contributed by atoms with van der Waals surface area (Å²) in [5.41, 5.74) is 7.81. The zero-order valence-electron chi connectivity index (χ0n) is 17.7. The SMILES string of the molecule is CN(C)S(=O)(=O)c1ccc(C(=O)NCc2ccc(N3CCC[C@@H](C(N)=O)C3)cc2)cc1. The van der Waals surface area contributed by atoms with E-state index >= 15 is 0 Å². The third-order valence-electron chi connectivity index (χ3n) is 5.47. The topological polar surface area (TPSA) is 113 Å². The van der Waals surface area contributed by atoms with Gasteiger partial charge in [0.2, 0.25) is 15.9 Å². The Morgan fingerprint density at radius 3 is 2.32 bits per heavy atom. The first-order valence-electron chi connectivity index (χ1n) is 10.1. The highest BCUT2D eigenvalue weighted by Crippen LogP contribution is 2.23. The fraction of sp³-hybridized carbons (Fsp3) is 0.364. The van der Waals surface area contributed by atoms with Crippen molar-refractivity contribution in [2.24, 2.45) is 11.7 Å². The second-order valence-electron chi connectivity index (χ2n) is 7.85. The monoisotopic (exact) mass is 444 g/mol. The summed E-state index contributed by atoms with van der Waals surface area (Å²) in [5, 5.41) is 2.84. The summed E-state index contributed by atoms with van der Waals surface area (Å²) < 4.78 is 25.4. The van der Waals surface area contributed by atoms with E-state index in [9.17, 15) is 18.0 Å². The van der Waals surface area contributed by atoms with Crippen molar-refractivity contribution in [2.75, 3.05) is 32.1 Å². The van der Waals surface area contributed by atoms with Crippen molar-refractivity contribution in [1.29, 1.82) is 0 Å². The molecule has 0 aromatic heterocycles. The summed E-state index contributed by atoms with van der Waals surface area (Å²) in [4.78, 5) is 26.2. The zero-order valence-corrected chi connectivity index (χ0v) is 18.6. The predicted molar refractivity (Wildman–Crippen MR) is 119 cm³/mol. The van der Waals surface area contributed by atoms with Gasteiger partial charge in [-0.15, -0.1) is 0 Å². The lowest BCUT2D eigenvalue weighted by Gasteiger charge is -2.33. The van der Waals surface area contributed by atoms with Gasteiger partial charge < -0.3 is 16.0 Å². The molecule has 1 saturated heterocycles. The van der Waals surface area contributed by atoms with Gasteiger partial charge in [-0.2, -0.15) is 0 Å². The van der Waals surface area contributed by atoms with Gasteiger partial charge in [0.25, 0.3) is 5.91 Å². The maximum atomic E-state index is 12.4. The summed E-state index contributed by atoms with van der Waals surface area (Å²) in [6.07, 6.45) is 1.76. The van der Waals surface area contributed by atoms with Gasteiger partial charge in [0.15, 0.2) is 0 Å². The van der Waals surface area contributed by atoms with Crippen LogP contribution in [0.15, 0.2) is 53.4 Å². The molecule has 2 aromatic rings. The highest BCUT2D eigenvalue weighted by atomic mass is 32.2. The Hall–Kier alpha value is -2.91. The van der Waals surface area contributed by atoms with Gasteiger partial charge >= 0.3 is 0 Å². The minimum Gasteiger partial charge on any atom is -0.371 e. The highest BCUT2D eigenvalue weighted by molar-refractivity contribution is 7.89. The number of carbonyl (C=O) groups excluding carboxylic acids is 2. The van der Waals surface area contributed by atoms with Gasteiger partial charge in [-0.05, 0) is 54.8 Å². The quantitative estimate of drug-likeness (QED) is 0.673. The Morgan fingerprint density at radius 2 is 1.74 bits per heavy atom. The van der Waals surface area contributed by atoms with E-state index in [0.29, 0.717) is 18.7 Å². The molecule has 31 heavy (non-hydrogen) atoms. The number of benzene rings is 2. The second kappa shape index (κ2) is 9.49. The molecule has 0 spiro atoms. The van der Waals surface area contributed by atoms with Crippen LogP contribution in [0.3, 0.4) is 0 Å². The van der Waals surface area contributed by atoms with Crippen LogP contribution in [-0.4, -0.2) is 51.7 Å². The van der Waals surface area contributed by atoms with Crippen molar-refractivity contribution >= 4 is 27.5 Å². The number of nitrogens with one attached hydrogen (secondary N) is 1. The van der Waals surface area contributed by atoms with Gasteiger partial charge in [0.05, 0.1) is 10.8 Å². The molecule has 0 bridgehead atoms. The number of hydrogen-bond donors (Lipinski definition) is 2. The summed E-state index contributed by atoms with van der Waals surface area (Å²) in [5.74, 6) is -0.651. The summed E-state index contributed by atoms with van der Waals surface area (Å²) in [6.45, 7) is 1.87. The average Bonchev–Trinajstić information content (AvgIpc) is 2.78. The van der Waals surface area contributed by atoms with Crippen molar-refractivity contribution in [3.63, 3.8) is 0 Å². The fourth-order valence-electron chi connectivity index (χ4n) is 3.54. The second-order valence-corrected chi connectivity index (χ2v) is 10.0. The molecule has 0 radical (unpaired) electrons. The average molecular weight is 445 g/mol. The van der Waals surface area contributed by atoms with E-state index in [-0.39, 0.29) is 22.6 Å². The van der Waals surface area contributed by atoms with Crippen LogP contribution in [0.25, 0.3) is 0 Å². The Labute approximate surface area is 183 Å². The van der Waals surface area contributed by atoms with Crippen molar-refractivity contribution < 1.29 is 18.0 Å². The lowest BCUT2D eigenvalue weighted by molar-refractivity contribution is -0.122. The van der Waals surface area contributed by atoms with Crippen LogP contribution >= 0.6 is 0 Å². The van der Waals surface area contributed by atoms with Crippen LogP contribution < -0.4 is 16.0 Å². The van der Waals surface area contributed by atoms with Gasteiger partial charge in [-0.3, -0.25) is 9.59 Å². The number of hydrogen-bond acceptors (Lipinski definition) is 5. The Kier molecular flexibility index (Phi) is 6.97. The van der Waals surface area contributed by atoms with Gasteiger partial charge in [0.1, 0.15) is 0 Å². The van der Waals surface area contributed by atoms with Gasteiger partial charge in [0, 0.05) is 45.0 Å². The third kappa shape index (κ3) is 5.42. The van der Waals surface area contributed by atoms with Crippen molar-refractivity contribution in [3.05, 3.63) is 59.7 Å². The molecular formula is C22H28N4O4S. The summed E-state index contributed by atoms with van der Waals surface area (Å²) in [6, 6.07) is 13.7. The van der Waals surface area contributed by atoms with Crippen molar-refractivity contribution in [3.8, 4) is 0 Å².